The van der Waals surface area contributed by atoms with Gasteiger partial charge < -0.3 is 4.74 Å². The summed E-state index contributed by atoms with van der Waals surface area (Å²) >= 11 is 0. The Bertz CT molecular complexity index is 505. The smallest absolute Gasteiger partial charge is 0.341 e. The Balaban J connectivity index is 2.53. The van der Waals surface area contributed by atoms with Gasteiger partial charge in [0, 0.05) is 31.2 Å². The Kier molecular flexibility index (Phi) is 2.68. The van der Waals surface area contributed by atoms with Gasteiger partial charge in [-0.25, -0.2) is 4.79 Å². The van der Waals surface area contributed by atoms with Crippen LogP contribution in [0.4, 0.5) is 0 Å². The number of methoxy groups -OCH3 is 1. The molecule has 0 aliphatic heterocycles. The van der Waals surface area contributed by atoms with Crippen LogP contribution in [0.1, 0.15) is 10.4 Å². The van der Waals surface area contributed by atoms with Crippen molar-refractivity contribution in [1.82, 2.24) is 14.8 Å². The van der Waals surface area contributed by atoms with E-state index in [2.05, 4.69) is 10.1 Å². The fourth-order valence-electron chi connectivity index (χ4n) is 1.46. The minimum absolute atomic E-state index is 0.396. The van der Waals surface area contributed by atoms with Gasteiger partial charge in [0.15, 0.2) is 0 Å². The van der Waals surface area contributed by atoms with E-state index in [4.69, 9.17) is 4.74 Å². The third kappa shape index (κ3) is 1.79. The molecule has 0 spiro atoms. The van der Waals surface area contributed by atoms with Crippen molar-refractivity contribution in [2.24, 2.45) is 7.05 Å². The number of aryl methyl sites for hydroxylation is 1. The molecule has 5 heteroatoms. The highest BCUT2D eigenvalue weighted by Crippen LogP contribution is 2.21. The van der Waals surface area contributed by atoms with Gasteiger partial charge in [-0.1, -0.05) is 0 Å². The first-order valence-corrected chi connectivity index (χ1v) is 4.74. The summed E-state index contributed by atoms with van der Waals surface area (Å²) in [6, 6.07) is 3.65. The molecule has 5 nitrogen and oxygen atoms in total. The second-order valence-corrected chi connectivity index (χ2v) is 3.30. The highest BCUT2D eigenvalue weighted by atomic mass is 16.5. The third-order valence-electron chi connectivity index (χ3n) is 2.17. The van der Waals surface area contributed by atoms with Crippen LogP contribution in [0.5, 0.6) is 0 Å². The molecule has 2 heterocycles. The zero-order valence-corrected chi connectivity index (χ0v) is 9.04. The minimum Gasteiger partial charge on any atom is -0.465 e. The summed E-state index contributed by atoms with van der Waals surface area (Å²) in [4.78, 5) is 15.5. The second kappa shape index (κ2) is 4.14. The lowest BCUT2D eigenvalue weighted by molar-refractivity contribution is 0.0601. The van der Waals surface area contributed by atoms with Crippen molar-refractivity contribution >= 4 is 5.97 Å². The fourth-order valence-corrected chi connectivity index (χ4v) is 1.46. The quantitative estimate of drug-likeness (QED) is 0.711. The van der Waals surface area contributed by atoms with Crippen molar-refractivity contribution in [2.45, 2.75) is 0 Å². The molecule has 0 aliphatic carbocycles. The number of pyridine rings is 1. The number of rotatable bonds is 2. The average Bonchev–Trinajstić information content (AvgIpc) is 2.71. The van der Waals surface area contributed by atoms with Gasteiger partial charge in [-0.05, 0) is 12.1 Å². The number of ether oxygens (including phenoxy) is 1. The Hall–Kier alpha value is -2.17. The first kappa shape index (κ1) is 10.4. The van der Waals surface area contributed by atoms with Gasteiger partial charge in [-0.2, -0.15) is 5.10 Å². The van der Waals surface area contributed by atoms with Crippen LogP contribution in [0.3, 0.4) is 0 Å². The van der Waals surface area contributed by atoms with Crippen LogP contribution >= 0.6 is 0 Å². The molecule has 0 radical (unpaired) electrons. The molecular weight excluding hydrogens is 206 g/mol. The lowest BCUT2D eigenvalue weighted by atomic mass is 10.1. The Morgan fingerprint density at radius 1 is 1.50 bits per heavy atom. The molecule has 2 aromatic rings. The van der Waals surface area contributed by atoms with E-state index in [0.29, 0.717) is 11.3 Å². The molecule has 0 atom stereocenters. The number of aromatic nitrogens is 3. The van der Waals surface area contributed by atoms with Crippen molar-refractivity contribution in [3.8, 4) is 11.3 Å². The number of hydrogen-bond acceptors (Lipinski definition) is 4. The maximum absolute atomic E-state index is 11.5. The molecule has 0 unspecified atom stereocenters. The van der Waals surface area contributed by atoms with Gasteiger partial charge in [0.1, 0.15) is 11.3 Å². The normalized spacial score (nSPS) is 10.1. The minimum atomic E-state index is -0.396. The maximum Gasteiger partial charge on any atom is 0.341 e. The summed E-state index contributed by atoms with van der Waals surface area (Å²) in [5.41, 5.74) is 1.82. The van der Waals surface area contributed by atoms with Gasteiger partial charge in [0.2, 0.25) is 0 Å². The molecule has 0 aromatic carbocycles. The summed E-state index contributed by atoms with van der Waals surface area (Å²) < 4.78 is 6.28. The maximum atomic E-state index is 11.5. The number of carbonyl (C=O) groups excluding carboxylic acids is 1. The van der Waals surface area contributed by atoms with E-state index in [9.17, 15) is 4.79 Å². The Morgan fingerprint density at radius 2 is 2.31 bits per heavy atom. The van der Waals surface area contributed by atoms with Crippen molar-refractivity contribution in [3.05, 3.63) is 36.3 Å². The van der Waals surface area contributed by atoms with Gasteiger partial charge in [0.25, 0.3) is 0 Å². The fraction of sp³-hybridized carbons (Fsp3) is 0.182. The molecule has 0 amide bonds. The zero-order valence-electron chi connectivity index (χ0n) is 9.04. The molecule has 0 saturated carbocycles. The van der Waals surface area contributed by atoms with Gasteiger partial charge in [0.05, 0.1) is 7.11 Å². The summed E-state index contributed by atoms with van der Waals surface area (Å²) in [5, 5.41) is 4.23. The van der Waals surface area contributed by atoms with E-state index >= 15 is 0 Å². The number of hydrogen-bond donors (Lipinski definition) is 0. The molecule has 0 aliphatic rings. The molecule has 0 saturated heterocycles. The summed E-state index contributed by atoms with van der Waals surface area (Å²) in [5.74, 6) is -0.396. The second-order valence-electron chi connectivity index (χ2n) is 3.30. The molecule has 0 fully saturated rings. The molecular formula is C11H11N3O2. The Labute approximate surface area is 92.7 Å². The van der Waals surface area contributed by atoms with Crippen LogP contribution in [0.25, 0.3) is 11.3 Å². The van der Waals surface area contributed by atoms with Gasteiger partial charge in [-0.15, -0.1) is 0 Å². The lowest BCUT2D eigenvalue weighted by Gasteiger charge is -1.99. The number of esters is 1. The largest absolute Gasteiger partial charge is 0.465 e. The van der Waals surface area contributed by atoms with Crippen LogP contribution in [0.15, 0.2) is 30.7 Å². The van der Waals surface area contributed by atoms with E-state index < -0.39 is 5.97 Å². The summed E-state index contributed by atoms with van der Waals surface area (Å²) in [7, 11) is 3.11. The first-order valence-electron chi connectivity index (χ1n) is 4.74. The number of nitrogens with zero attached hydrogens (tertiary/aromatic N) is 3. The Morgan fingerprint density at radius 3 is 2.94 bits per heavy atom. The van der Waals surface area contributed by atoms with Crippen LogP contribution in [0.2, 0.25) is 0 Å². The van der Waals surface area contributed by atoms with Gasteiger partial charge >= 0.3 is 5.97 Å². The van der Waals surface area contributed by atoms with Crippen molar-refractivity contribution in [2.75, 3.05) is 7.11 Å². The molecule has 2 aromatic heterocycles. The van der Waals surface area contributed by atoms with Crippen LogP contribution in [-0.2, 0) is 11.8 Å². The van der Waals surface area contributed by atoms with Crippen LogP contribution in [-0.4, -0.2) is 27.8 Å². The molecule has 16 heavy (non-hydrogen) atoms. The predicted molar refractivity (Wildman–Crippen MR) is 57.8 cm³/mol. The van der Waals surface area contributed by atoms with E-state index in [0.717, 1.165) is 5.56 Å². The average molecular weight is 217 g/mol. The summed E-state index contributed by atoms with van der Waals surface area (Å²) in [6.45, 7) is 0. The van der Waals surface area contributed by atoms with Crippen molar-refractivity contribution in [3.63, 3.8) is 0 Å². The predicted octanol–water partition coefficient (Wildman–Crippen LogP) is 1.27. The first-order chi connectivity index (χ1) is 7.72. The topological polar surface area (TPSA) is 57.0 Å². The highest BCUT2D eigenvalue weighted by molar-refractivity contribution is 5.95. The summed E-state index contributed by atoms with van der Waals surface area (Å²) in [6.07, 6.45) is 4.97. The van der Waals surface area contributed by atoms with E-state index in [1.54, 1.807) is 36.4 Å². The lowest BCUT2D eigenvalue weighted by Crippen LogP contribution is -2.01. The standard InChI is InChI=1S/C11H11N3O2/c1-14-7-9(11(15)16-2)10(13-14)8-4-3-5-12-6-8/h3-7H,1-2H3. The van der Waals surface area contributed by atoms with E-state index in [1.165, 1.54) is 7.11 Å². The van der Waals surface area contributed by atoms with Crippen LogP contribution in [0, 0.1) is 0 Å². The zero-order chi connectivity index (χ0) is 11.5. The third-order valence-corrected chi connectivity index (χ3v) is 2.17. The van der Waals surface area contributed by atoms with E-state index in [1.807, 2.05) is 6.07 Å². The molecule has 0 N–H and O–H groups in total. The molecule has 0 bridgehead atoms. The molecule has 82 valence electrons. The van der Waals surface area contributed by atoms with E-state index in [-0.39, 0.29) is 0 Å². The van der Waals surface area contributed by atoms with Crippen molar-refractivity contribution < 1.29 is 9.53 Å². The SMILES string of the molecule is COC(=O)c1cn(C)nc1-c1cccnc1. The van der Waals surface area contributed by atoms with Crippen LogP contribution < -0.4 is 0 Å². The van der Waals surface area contributed by atoms with Gasteiger partial charge in [-0.3, -0.25) is 9.67 Å². The number of carbonyl (C=O) groups is 1. The molecule has 2 rings (SSSR count). The highest BCUT2D eigenvalue weighted by Gasteiger charge is 2.17. The monoisotopic (exact) mass is 217 g/mol. The van der Waals surface area contributed by atoms with Crippen molar-refractivity contribution in [1.29, 1.82) is 0 Å².